The topological polar surface area (TPSA) is 85.1 Å². The first kappa shape index (κ1) is 16.2. The minimum Gasteiger partial charge on any atom is -0.407 e. The molecule has 118 valence electrons. The van der Waals surface area contributed by atoms with Crippen molar-refractivity contribution in [3.63, 3.8) is 0 Å². The molecule has 1 aromatic carbocycles. The Hall–Kier alpha value is -2.15. The molecule has 0 radical (unpaired) electrons. The highest BCUT2D eigenvalue weighted by Gasteiger charge is 2.17. The van der Waals surface area contributed by atoms with Gasteiger partial charge in [-0.3, -0.25) is 0 Å². The lowest BCUT2D eigenvalue weighted by atomic mass is 10.1. The van der Waals surface area contributed by atoms with Gasteiger partial charge >= 0.3 is 6.01 Å². The standard InChI is InChI=1S/C15H19N3O3S/c1-4-12-6-8-13(9-7-12)22(19,20)18-15-17-16-14(21-15)10-5-11(2)3/h4,6-9,11H,1,5,10H2,2-3H3,(H,17,18). The summed E-state index contributed by atoms with van der Waals surface area (Å²) in [5.74, 6) is 0.934. The Bertz CT molecular complexity index is 734. The van der Waals surface area contributed by atoms with Gasteiger partial charge in [0.05, 0.1) is 4.90 Å². The van der Waals surface area contributed by atoms with Gasteiger partial charge in [-0.15, -0.1) is 5.10 Å². The van der Waals surface area contributed by atoms with E-state index in [0.717, 1.165) is 12.0 Å². The Morgan fingerprint density at radius 2 is 1.95 bits per heavy atom. The first-order chi connectivity index (χ1) is 10.4. The number of rotatable bonds is 7. The van der Waals surface area contributed by atoms with Gasteiger partial charge in [-0.2, -0.15) is 0 Å². The van der Waals surface area contributed by atoms with Crippen LogP contribution >= 0.6 is 0 Å². The lowest BCUT2D eigenvalue weighted by molar-refractivity contribution is 0.471. The fraction of sp³-hybridized carbons (Fsp3) is 0.333. The summed E-state index contributed by atoms with van der Waals surface area (Å²) in [7, 11) is -3.74. The lowest BCUT2D eigenvalue weighted by Crippen LogP contribution is -2.13. The van der Waals surface area contributed by atoms with Crippen LogP contribution in [0.2, 0.25) is 0 Å². The van der Waals surface area contributed by atoms with Crippen molar-refractivity contribution in [2.24, 2.45) is 5.92 Å². The van der Waals surface area contributed by atoms with E-state index in [4.69, 9.17) is 4.42 Å². The summed E-state index contributed by atoms with van der Waals surface area (Å²) >= 11 is 0. The van der Waals surface area contributed by atoms with E-state index in [1.807, 2.05) is 0 Å². The molecule has 0 amide bonds. The van der Waals surface area contributed by atoms with E-state index in [-0.39, 0.29) is 10.9 Å². The van der Waals surface area contributed by atoms with Gasteiger partial charge in [0.2, 0.25) is 5.89 Å². The van der Waals surface area contributed by atoms with Crippen LogP contribution in [0.1, 0.15) is 31.7 Å². The summed E-state index contributed by atoms with van der Waals surface area (Å²) in [6.07, 6.45) is 3.17. The second-order valence-electron chi connectivity index (χ2n) is 5.31. The summed E-state index contributed by atoms with van der Waals surface area (Å²) in [4.78, 5) is 0.125. The van der Waals surface area contributed by atoms with Crippen molar-refractivity contribution in [3.05, 3.63) is 42.3 Å². The number of aryl methyl sites for hydroxylation is 1. The summed E-state index contributed by atoms with van der Waals surface area (Å²) in [6.45, 7) is 7.81. The molecule has 0 fully saturated rings. The second-order valence-corrected chi connectivity index (χ2v) is 6.99. The monoisotopic (exact) mass is 321 g/mol. The third-order valence-electron chi connectivity index (χ3n) is 3.05. The molecule has 0 aliphatic carbocycles. The Morgan fingerprint density at radius 1 is 1.27 bits per heavy atom. The maximum absolute atomic E-state index is 12.2. The highest BCUT2D eigenvalue weighted by molar-refractivity contribution is 7.92. The number of anilines is 1. The first-order valence-corrected chi connectivity index (χ1v) is 8.46. The molecule has 0 unspecified atom stereocenters. The minimum atomic E-state index is -3.74. The second kappa shape index (κ2) is 6.74. The Kier molecular flexibility index (Phi) is 4.97. The van der Waals surface area contributed by atoms with Crippen molar-refractivity contribution in [2.45, 2.75) is 31.6 Å². The zero-order valence-electron chi connectivity index (χ0n) is 12.6. The third kappa shape index (κ3) is 4.17. The van der Waals surface area contributed by atoms with Crippen LogP contribution in [0.15, 0.2) is 40.2 Å². The summed E-state index contributed by atoms with van der Waals surface area (Å²) in [6, 6.07) is 6.21. The highest BCUT2D eigenvalue weighted by atomic mass is 32.2. The van der Waals surface area contributed by atoms with Crippen LogP contribution in [0.5, 0.6) is 0 Å². The molecule has 0 bridgehead atoms. The van der Waals surface area contributed by atoms with E-state index >= 15 is 0 Å². The van der Waals surface area contributed by atoms with Crippen molar-refractivity contribution >= 4 is 22.1 Å². The number of sulfonamides is 1. The molecule has 0 aliphatic rings. The fourth-order valence-corrected chi connectivity index (χ4v) is 2.69. The average molecular weight is 321 g/mol. The molecular formula is C15H19N3O3S. The first-order valence-electron chi connectivity index (χ1n) is 6.98. The van der Waals surface area contributed by atoms with Gasteiger partial charge in [0.25, 0.3) is 10.0 Å². The van der Waals surface area contributed by atoms with Gasteiger partial charge < -0.3 is 4.42 Å². The summed E-state index contributed by atoms with van der Waals surface area (Å²) in [5, 5.41) is 7.55. The van der Waals surface area contributed by atoms with Crippen LogP contribution < -0.4 is 4.72 Å². The van der Waals surface area contributed by atoms with Crippen LogP contribution in [0.25, 0.3) is 6.08 Å². The minimum absolute atomic E-state index is 0.119. The maximum Gasteiger partial charge on any atom is 0.329 e. The lowest BCUT2D eigenvalue weighted by Gasteiger charge is -2.04. The van der Waals surface area contributed by atoms with Gasteiger partial charge in [0.1, 0.15) is 0 Å². The summed E-state index contributed by atoms with van der Waals surface area (Å²) < 4.78 is 32.0. The number of hydrogen-bond donors (Lipinski definition) is 1. The van der Waals surface area contributed by atoms with Crippen LogP contribution in [0, 0.1) is 5.92 Å². The molecule has 0 atom stereocenters. The Labute approximate surface area is 130 Å². The van der Waals surface area contributed by atoms with E-state index < -0.39 is 10.0 Å². The van der Waals surface area contributed by atoms with Crippen LogP contribution in [-0.2, 0) is 16.4 Å². The number of nitrogens with zero attached hydrogens (tertiary/aromatic N) is 2. The molecule has 0 aliphatic heterocycles. The number of nitrogens with one attached hydrogen (secondary N) is 1. The van der Waals surface area contributed by atoms with Gasteiger partial charge in [-0.05, 0) is 30.0 Å². The number of benzene rings is 1. The molecule has 0 saturated heterocycles. The molecule has 22 heavy (non-hydrogen) atoms. The van der Waals surface area contributed by atoms with Gasteiger partial charge in [-0.25, -0.2) is 13.1 Å². The number of hydrogen-bond acceptors (Lipinski definition) is 5. The van der Waals surface area contributed by atoms with Crippen LogP contribution in [0.3, 0.4) is 0 Å². The van der Waals surface area contributed by atoms with E-state index in [2.05, 4.69) is 35.3 Å². The van der Waals surface area contributed by atoms with Crippen molar-refractivity contribution < 1.29 is 12.8 Å². The largest absolute Gasteiger partial charge is 0.407 e. The molecule has 7 heteroatoms. The molecule has 2 aromatic rings. The summed E-state index contributed by atoms with van der Waals surface area (Å²) in [5.41, 5.74) is 0.840. The molecule has 1 heterocycles. The molecular weight excluding hydrogens is 302 g/mol. The fourth-order valence-electron chi connectivity index (χ4n) is 1.76. The predicted molar refractivity (Wildman–Crippen MR) is 84.8 cm³/mol. The van der Waals surface area contributed by atoms with E-state index in [1.165, 1.54) is 12.1 Å². The molecule has 2 rings (SSSR count). The molecule has 1 N–H and O–H groups in total. The smallest absolute Gasteiger partial charge is 0.329 e. The van der Waals surface area contributed by atoms with E-state index in [9.17, 15) is 8.42 Å². The Morgan fingerprint density at radius 3 is 2.55 bits per heavy atom. The van der Waals surface area contributed by atoms with Crippen molar-refractivity contribution in [3.8, 4) is 0 Å². The SMILES string of the molecule is C=Cc1ccc(S(=O)(=O)Nc2nnc(CCC(C)C)o2)cc1. The number of aromatic nitrogens is 2. The van der Waals surface area contributed by atoms with Gasteiger partial charge in [0.15, 0.2) is 0 Å². The Balaban J connectivity index is 2.09. The quantitative estimate of drug-likeness (QED) is 0.847. The molecule has 0 spiro atoms. The highest BCUT2D eigenvalue weighted by Crippen LogP contribution is 2.17. The van der Waals surface area contributed by atoms with Crippen LogP contribution in [-0.4, -0.2) is 18.6 Å². The average Bonchev–Trinajstić information content (AvgIpc) is 2.92. The van der Waals surface area contributed by atoms with E-state index in [0.29, 0.717) is 18.2 Å². The molecule has 0 saturated carbocycles. The zero-order chi connectivity index (χ0) is 16.2. The molecule has 1 aromatic heterocycles. The third-order valence-corrected chi connectivity index (χ3v) is 4.39. The normalized spacial score (nSPS) is 11.6. The van der Waals surface area contributed by atoms with Crippen molar-refractivity contribution in [2.75, 3.05) is 4.72 Å². The van der Waals surface area contributed by atoms with Crippen molar-refractivity contribution in [1.82, 2.24) is 10.2 Å². The predicted octanol–water partition coefficient (Wildman–Crippen LogP) is 3.10. The van der Waals surface area contributed by atoms with Gasteiger partial charge in [0, 0.05) is 6.42 Å². The van der Waals surface area contributed by atoms with Crippen LogP contribution in [0.4, 0.5) is 6.01 Å². The molecule has 6 nitrogen and oxygen atoms in total. The maximum atomic E-state index is 12.2. The van der Waals surface area contributed by atoms with Gasteiger partial charge in [-0.1, -0.05) is 43.7 Å². The zero-order valence-corrected chi connectivity index (χ0v) is 13.4. The van der Waals surface area contributed by atoms with Crippen molar-refractivity contribution in [1.29, 1.82) is 0 Å². The van der Waals surface area contributed by atoms with E-state index in [1.54, 1.807) is 18.2 Å².